The van der Waals surface area contributed by atoms with Crippen LogP contribution in [0.4, 0.5) is 29.3 Å². The van der Waals surface area contributed by atoms with Crippen LogP contribution in [0.5, 0.6) is 0 Å². The molecule has 4 N–H and O–H groups in total. The SMILES string of the molecule is O=C(NC[C@@H]1O[C@@H](CO)[C@@H](O)[C@H]1N1CCN(c2cccc(C(F)(F)F)c2)CC1)Nc1ccccc1. The van der Waals surface area contributed by atoms with Gasteiger partial charge < -0.3 is 30.5 Å². The summed E-state index contributed by atoms with van der Waals surface area (Å²) in [5.41, 5.74) is 0.433. The van der Waals surface area contributed by atoms with E-state index in [9.17, 15) is 28.2 Å². The normalized spacial score (nSPS) is 25.5. The van der Waals surface area contributed by atoms with E-state index in [0.717, 1.165) is 12.1 Å². The summed E-state index contributed by atoms with van der Waals surface area (Å²) in [6, 6.07) is 13.3. The minimum absolute atomic E-state index is 0.116. The van der Waals surface area contributed by atoms with Crippen LogP contribution in [0.2, 0.25) is 0 Å². The van der Waals surface area contributed by atoms with Crippen molar-refractivity contribution in [1.82, 2.24) is 10.2 Å². The number of rotatable bonds is 6. The number of para-hydroxylation sites is 1. The van der Waals surface area contributed by atoms with E-state index in [1.54, 1.807) is 30.3 Å². The number of carbonyl (C=O) groups is 1. The van der Waals surface area contributed by atoms with Crippen LogP contribution in [0.3, 0.4) is 0 Å². The standard InChI is InChI=1S/C24H29F3N4O4/c25-24(26,27)16-5-4-8-18(13-16)30-9-11-31(12-10-30)21-19(35-20(15-32)22(21)33)14-28-23(34)29-17-6-2-1-3-7-17/h1-8,13,19-22,32-33H,9-12,14-15H2,(H2,28,29,34)/t19-,20-,21-,22+/m0/s1. The number of ether oxygens (including phenoxy) is 1. The Bertz CT molecular complexity index is 986. The first-order valence-corrected chi connectivity index (χ1v) is 11.5. The van der Waals surface area contributed by atoms with Crippen molar-refractivity contribution in [1.29, 1.82) is 0 Å². The number of nitrogens with zero attached hydrogens (tertiary/aromatic N) is 2. The molecule has 4 atom stereocenters. The number of aliphatic hydroxyl groups is 2. The first-order chi connectivity index (χ1) is 16.8. The van der Waals surface area contributed by atoms with E-state index in [1.807, 2.05) is 15.9 Å². The van der Waals surface area contributed by atoms with Crippen molar-refractivity contribution in [2.75, 3.05) is 49.5 Å². The highest BCUT2D eigenvalue weighted by molar-refractivity contribution is 5.89. The van der Waals surface area contributed by atoms with Gasteiger partial charge in [-0.15, -0.1) is 0 Å². The molecule has 8 nitrogen and oxygen atoms in total. The van der Waals surface area contributed by atoms with Gasteiger partial charge in [-0.2, -0.15) is 13.2 Å². The Morgan fingerprint density at radius 3 is 2.40 bits per heavy atom. The maximum atomic E-state index is 13.1. The lowest BCUT2D eigenvalue weighted by molar-refractivity contribution is -0.137. The first kappa shape index (κ1) is 25.2. The second kappa shape index (κ2) is 10.8. The summed E-state index contributed by atoms with van der Waals surface area (Å²) >= 11 is 0. The fourth-order valence-electron chi connectivity index (χ4n) is 4.64. The highest BCUT2D eigenvalue weighted by atomic mass is 19.4. The largest absolute Gasteiger partial charge is 0.416 e. The Balaban J connectivity index is 1.37. The van der Waals surface area contributed by atoms with Crippen molar-refractivity contribution < 1.29 is 32.9 Å². The maximum Gasteiger partial charge on any atom is 0.416 e. The third-order valence-corrected chi connectivity index (χ3v) is 6.41. The third-order valence-electron chi connectivity index (χ3n) is 6.41. The molecule has 2 amide bonds. The van der Waals surface area contributed by atoms with Gasteiger partial charge in [0.2, 0.25) is 0 Å². The number of benzene rings is 2. The number of amides is 2. The van der Waals surface area contributed by atoms with E-state index < -0.39 is 42.1 Å². The van der Waals surface area contributed by atoms with Crippen molar-refractivity contribution in [2.45, 2.75) is 30.5 Å². The number of piperazine rings is 1. The summed E-state index contributed by atoms with van der Waals surface area (Å²) in [7, 11) is 0. The molecule has 2 fully saturated rings. The monoisotopic (exact) mass is 494 g/mol. The fraction of sp³-hybridized carbons (Fsp3) is 0.458. The lowest BCUT2D eigenvalue weighted by Gasteiger charge is -2.41. The zero-order valence-corrected chi connectivity index (χ0v) is 19.0. The molecule has 2 aliphatic rings. The van der Waals surface area contributed by atoms with E-state index in [2.05, 4.69) is 10.6 Å². The molecule has 11 heteroatoms. The van der Waals surface area contributed by atoms with Crippen LogP contribution in [-0.4, -0.2) is 84.8 Å². The zero-order chi connectivity index (χ0) is 25.0. The summed E-state index contributed by atoms with van der Waals surface area (Å²) in [5.74, 6) is 0. The lowest BCUT2D eigenvalue weighted by atomic mass is 10.0. The number of hydrogen-bond acceptors (Lipinski definition) is 6. The molecule has 190 valence electrons. The molecule has 4 rings (SSSR count). The minimum Gasteiger partial charge on any atom is -0.394 e. The van der Waals surface area contributed by atoms with Gasteiger partial charge in [-0.05, 0) is 30.3 Å². The molecule has 0 saturated carbocycles. The Kier molecular flexibility index (Phi) is 7.80. The first-order valence-electron chi connectivity index (χ1n) is 11.5. The molecular formula is C24H29F3N4O4. The molecule has 0 spiro atoms. The topological polar surface area (TPSA) is 97.3 Å². The smallest absolute Gasteiger partial charge is 0.394 e. The van der Waals surface area contributed by atoms with Gasteiger partial charge >= 0.3 is 12.2 Å². The summed E-state index contributed by atoms with van der Waals surface area (Å²) in [4.78, 5) is 16.2. The summed E-state index contributed by atoms with van der Waals surface area (Å²) in [6.07, 6.45) is -6.73. The van der Waals surface area contributed by atoms with Crippen LogP contribution < -0.4 is 15.5 Å². The summed E-state index contributed by atoms with van der Waals surface area (Å²) < 4.78 is 45.1. The van der Waals surface area contributed by atoms with Crippen molar-refractivity contribution in [2.24, 2.45) is 0 Å². The van der Waals surface area contributed by atoms with Crippen LogP contribution >= 0.6 is 0 Å². The van der Waals surface area contributed by atoms with Gasteiger partial charge in [0, 0.05) is 44.1 Å². The summed E-state index contributed by atoms with van der Waals surface area (Å²) in [5, 5.41) is 25.9. The molecule has 0 aromatic heterocycles. The molecule has 2 saturated heterocycles. The molecule has 35 heavy (non-hydrogen) atoms. The Morgan fingerprint density at radius 2 is 1.74 bits per heavy atom. The summed E-state index contributed by atoms with van der Waals surface area (Å²) in [6.45, 7) is 1.63. The lowest BCUT2D eigenvalue weighted by Crippen LogP contribution is -2.57. The second-order valence-electron chi connectivity index (χ2n) is 8.65. The molecule has 0 bridgehead atoms. The van der Waals surface area contributed by atoms with Crippen LogP contribution in [-0.2, 0) is 10.9 Å². The number of urea groups is 1. The predicted octanol–water partition coefficient (Wildman–Crippen LogP) is 2.14. The van der Waals surface area contributed by atoms with Gasteiger partial charge in [0.15, 0.2) is 0 Å². The van der Waals surface area contributed by atoms with Crippen molar-refractivity contribution in [3.63, 3.8) is 0 Å². The minimum atomic E-state index is -4.41. The number of alkyl halides is 3. The van der Waals surface area contributed by atoms with E-state index >= 15 is 0 Å². The van der Waals surface area contributed by atoms with E-state index in [4.69, 9.17) is 4.74 Å². The quantitative estimate of drug-likeness (QED) is 0.492. The second-order valence-corrected chi connectivity index (χ2v) is 8.65. The highest BCUT2D eigenvalue weighted by Gasteiger charge is 2.46. The number of carbonyl (C=O) groups excluding carboxylic acids is 1. The molecular weight excluding hydrogens is 465 g/mol. The Hall–Kier alpha value is -2.86. The average molecular weight is 495 g/mol. The fourth-order valence-corrected chi connectivity index (χ4v) is 4.64. The van der Waals surface area contributed by atoms with Crippen LogP contribution in [0, 0.1) is 0 Å². The van der Waals surface area contributed by atoms with Gasteiger partial charge in [-0.3, -0.25) is 4.90 Å². The van der Waals surface area contributed by atoms with Crippen LogP contribution in [0.25, 0.3) is 0 Å². The van der Waals surface area contributed by atoms with Gasteiger partial charge in [-0.25, -0.2) is 4.79 Å². The van der Waals surface area contributed by atoms with Gasteiger partial charge in [0.05, 0.1) is 24.3 Å². The molecule has 0 aliphatic carbocycles. The van der Waals surface area contributed by atoms with Crippen molar-refractivity contribution in [3.05, 3.63) is 60.2 Å². The van der Waals surface area contributed by atoms with Crippen LogP contribution in [0.15, 0.2) is 54.6 Å². The van der Waals surface area contributed by atoms with Gasteiger partial charge in [0.1, 0.15) is 12.2 Å². The van der Waals surface area contributed by atoms with Crippen molar-refractivity contribution >= 4 is 17.4 Å². The number of aliphatic hydroxyl groups excluding tert-OH is 2. The number of nitrogens with one attached hydrogen (secondary N) is 2. The molecule has 2 heterocycles. The van der Waals surface area contributed by atoms with Gasteiger partial charge in [0.25, 0.3) is 0 Å². The molecule has 2 aromatic carbocycles. The molecule has 2 aromatic rings. The Labute approximate surface area is 201 Å². The third kappa shape index (κ3) is 6.04. The Morgan fingerprint density at radius 1 is 1.03 bits per heavy atom. The zero-order valence-electron chi connectivity index (χ0n) is 19.0. The van der Waals surface area contributed by atoms with Gasteiger partial charge in [-0.1, -0.05) is 24.3 Å². The van der Waals surface area contributed by atoms with E-state index in [0.29, 0.717) is 37.6 Å². The highest BCUT2D eigenvalue weighted by Crippen LogP contribution is 2.32. The van der Waals surface area contributed by atoms with Crippen molar-refractivity contribution in [3.8, 4) is 0 Å². The van der Waals surface area contributed by atoms with Crippen LogP contribution in [0.1, 0.15) is 5.56 Å². The number of halogens is 3. The molecule has 0 radical (unpaired) electrons. The number of hydrogen-bond donors (Lipinski definition) is 4. The average Bonchev–Trinajstić information content (AvgIpc) is 3.18. The molecule has 2 aliphatic heterocycles. The maximum absolute atomic E-state index is 13.1. The van der Waals surface area contributed by atoms with E-state index in [-0.39, 0.29) is 13.2 Å². The molecule has 0 unspecified atom stereocenters. The predicted molar refractivity (Wildman–Crippen MR) is 124 cm³/mol. The van der Waals surface area contributed by atoms with E-state index in [1.165, 1.54) is 6.07 Å². The number of anilines is 2.